The van der Waals surface area contributed by atoms with Gasteiger partial charge in [-0.2, -0.15) is 0 Å². The Hall–Kier alpha value is -2.04. The van der Waals surface area contributed by atoms with E-state index in [1.807, 2.05) is 6.07 Å². The van der Waals surface area contributed by atoms with Crippen molar-refractivity contribution in [1.82, 2.24) is 9.55 Å². The van der Waals surface area contributed by atoms with Crippen LogP contribution in [0.25, 0.3) is 16.7 Å². The van der Waals surface area contributed by atoms with E-state index in [9.17, 15) is 9.90 Å². The Bertz CT molecular complexity index is 871. The Morgan fingerprint density at radius 2 is 1.90 bits per heavy atom. The lowest BCUT2D eigenvalue weighted by atomic mass is 10.2. The van der Waals surface area contributed by atoms with Crippen LogP contribution in [0, 0.1) is 6.92 Å². The molecule has 2 aromatic carbocycles. The summed E-state index contributed by atoms with van der Waals surface area (Å²) in [6.07, 6.45) is 0. The second kappa shape index (κ2) is 5.06. The van der Waals surface area contributed by atoms with Crippen molar-refractivity contribution >= 4 is 40.2 Å². The topological polar surface area (TPSA) is 55.1 Å². The molecule has 3 rings (SSSR count). The lowest BCUT2D eigenvalue weighted by Gasteiger charge is -2.10. The number of hydrogen-bond donors (Lipinski definition) is 1. The molecule has 6 heteroatoms. The second-order valence-electron chi connectivity index (χ2n) is 4.55. The summed E-state index contributed by atoms with van der Waals surface area (Å²) in [5.41, 5.74) is 1.94. The maximum absolute atomic E-state index is 11.3. The van der Waals surface area contributed by atoms with Crippen LogP contribution in [0.4, 0.5) is 0 Å². The molecule has 0 unspecified atom stereocenters. The molecule has 0 fully saturated rings. The number of fused-ring (bicyclic) bond motifs is 1. The number of aromatic carboxylic acids is 1. The quantitative estimate of drug-likeness (QED) is 0.764. The number of imidazole rings is 1. The minimum absolute atomic E-state index is 0.160. The number of aryl methyl sites for hydroxylation is 1. The van der Waals surface area contributed by atoms with Crippen molar-refractivity contribution in [3.8, 4) is 5.69 Å². The summed E-state index contributed by atoms with van der Waals surface area (Å²) in [5, 5.41) is 10.1. The first kappa shape index (κ1) is 13.9. The number of nitrogens with zero attached hydrogens (tertiary/aromatic N) is 2. The number of carbonyl (C=O) groups is 1. The lowest BCUT2D eigenvalue weighted by Crippen LogP contribution is -1.99. The van der Waals surface area contributed by atoms with Gasteiger partial charge in [0.15, 0.2) is 0 Å². The van der Waals surface area contributed by atoms with Crippen molar-refractivity contribution < 1.29 is 9.90 Å². The molecule has 4 nitrogen and oxygen atoms in total. The van der Waals surface area contributed by atoms with Gasteiger partial charge in [0, 0.05) is 0 Å². The van der Waals surface area contributed by atoms with E-state index in [4.69, 9.17) is 23.2 Å². The van der Waals surface area contributed by atoms with Crippen molar-refractivity contribution in [2.45, 2.75) is 6.92 Å². The average molecular weight is 321 g/mol. The number of halogens is 2. The van der Waals surface area contributed by atoms with E-state index in [1.165, 1.54) is 6.07 Å². The zero-order valence-electron chi connectivity index (χ0n) is 11.0. The van der Waals surface area contributed by atoms with E-state index in [-0.39, 0.29) is 5.56 Å². The van der Waals surface area contributed by atoms with Crippen molar-refractivity contribution in [2.24, 2.45) is 0 Å². The Balaban J connectivity index is 2.39. The highest BCUT2D eigenvalue weighted by molar-refractivity contribution is 6.43. The van der Waals surface area contributed by atoms with E-state index in [2.05, 4.69) is 4.98 Å². The molecule has 1 N–H and O–H groups in total. The number of rotatable bonds is 2. The third-order valence-electron chi connectivity index (χ3n) is 3.26. The number of para-hydroxylation sites is 1. The minimum atomic E-state index is -1.01. The SMILES string of the molecule is Cc1nc2c(C(=O)O)cccc2n1-c1cccc(Cl)c1Cl. The summed E-state index contributed by atoms with van der Waals surface area (Å²) in [6, 6.07) is 10.3. The first-order chi connectivity index (χ1) is 10.0. The van der Waals surface area contributed by atoms with E-state index in [1.54, 1.807) is 35.8 Å². The van der Waals surface area contributed by atoms with Crippen LogP contribution in [-0.2, 0) is 0 Å². The monoisotopic (exact) mass is 320 g/mol. The van der Waals surface area contributed by atoms with Crippen LogP contribution in [0.2, 0.25) is 10.0 Å². The van der Waals surface area contributed by atoms with Gasteiger partial charge >= 0.3 is 5.97 Å². The number of carboxylic acid groups (broad SMARTS) is 1. The molecule has 0 amide bonds. The van der Waals surface area contributed by atoms with Gasteiger partial charge in [-0.15, -0.1) is 0 Å². The van der Waals surface area contributed by atoms with Gasteiger partial charge in [0.25, 0.3) is 0 Å². The first-order valence-electron chi connectivity index (χ1n) is 6.16. The number of carboxylic acids is 1. The molecule has 0 saturated carbocycles. The van der Waals surface area contributed by atoms with Crippen LogP contribution < -0.4 is 0 Å². The summed E-state index contributed by atoms with van der Waals surface area (Å²) >= 11 is 12.3. The molecule has 0 aliphatic carbocycles. The fourth-order valence-corrected chi connectivity index (χ4v) is 2.74. The van der Waals surface area contributed by atoms with Gasteiger partial charge in [-0.1, -0.05) is 35.3 Å². The van der Waals surface area contributed by atoms with Crippen LogP contribution in [0.15, 0.2) is 36.4 Å². The molecule has 0 spiro atoms. The van der Waals surface area contributed by atoms with Crippen LogP contribution in [-0.4, -0.2) is 20.6 Å². The molecule has 21 heavy (non-hydrogen) atoms. The highest BCUT2D eigenvalue weighted by atomic mass is 35.5. The van der Waals surface area contributed by atoms with Gasteiger partial charge in [-0.25, -0.2) is 9.78 Å². The van der Waals surface area contributed by atoms with Gasteiger partial charge in [0.05, 0.1) is 26.8 Å². The molecule has 0 atom stereocenters. The molecular formula is C15H10Cl2N2O2. The van der Waals surface area contributed by atoms with E-state index in [0.29, 0.717) is 32.6 Å². The van der Waals surface area contributed by atoms with Crippen LogP contribution in [0.1, 0.15) is 16.2 Å². The zero-order valence-corrected chi connectivity index (χ0v) is 12.5. The number of benzene rings is 2. The van der Waals surface area contributed by atoms with Crippen LogP contribution in [0.3, 0.4) is 0 Å². The standard InChI is InChI=1S/C15H10Cl2N2O2/c1-8-18-14-9(15(20)21)4-2-7-12(14)19(8)11-6-3-5-10(16)13(11)17/h2-7H,1H3,(H,20,21). The lowest BCUT2D eigenvalue weighted by molar-refractivity contribution is 0.0699. The van der Waals surface area contributed by atoms with E-state index >= 15 is 0 Å². The molecule has 0 saturated heterocycles. The van der Waals surface area contributed by atoms with Gasteiger partial charge < -0.3 is 5.11 Å². The minimum Gasteiger partial charge on any atom is -0.478 e. The highest BCUT2D eigenvalue weighted by Crippen LogP contribution is 2.32. The van der Waals surface area contributed by atoms with Crippen molar-refractivity contribution in [1.29, 1.82) is 0 Å². The second-order valence-corrected chi connectivity index (χ2v) is 5.33. The fourth-order valence-electron chi connectivity index (χ4n) is 2.36. The number of aromatic nitrogens is 2. The molecule has 3 aromatic rings. The molecule has 106 valence electrons. The summed E-state index contributed by atoms with van der Waals surface area (Å²) in [5.74, 6) is -0.370. The molecule has 1 aromatic heterocycles. The van der Waals surface area contributed by atoms with Crippen molar-refractivity contribution in [2.75, 3.05) is 0 Å². The van der Waals surface area contributed by atoms with E-state index < -0.39 is 5.97 Å². The van der Waals surface area contributed by atoms with Crippen molar-refractivity contribution in [3.05, 3.63) is 57.8 Å². The third-order valence-corrected chi connectivity index (χ3v) is 4.06. The summed E-state index contributed by atoms with van der Waals surface area (Å²) in [6.45, 7) is 1.79. The third kappa shape index (κ3) is 2.17. The van der Waals surface area contributed by atoms with Crippen LogP contribution >= 0.6 is 23.2 Å². The predicted octanol–water partition coefficient (Wildman–Crippen LogP) is 4.34. The Labute approximate surface area is 130 Å². The zero-order chi connectivity index (χ0) is 15.1. The number of hydrogen-bond acceptors (Lipinski definition) is 2. The maximum atomic E-state index is 11.3. The van der Waals surface area contributed by atoms with Gasteiger partial charge in [-0.05, 0) is 31.2 Å². The smallest absolute Gasteiger partial charge is 0.337 e. The fraction of sp³-hybridized carbons (Fsp3) is 0.0667. The predicted molar refractivity (Wildman–Crippen MR) is 82.8 cm³/mol. The average Bonchev–Trinajstić information content (AvgIpc) is 2.77. The Kier molecular flexibility index (Phi) is 3.35. The summed E-state index contributed by atoms with van der Waals surface area (Å²) in [7, 11) is 0. The van der Waals surface area contributed by atoms with Gasteiger partial charge in [-0.3, -0.25) is 4.57 Å². The Morgan fingerprint density at radius 3 is 2.62 bits per heavy atom. The molecule has 0 aliphatic heterocycles. The normalized spacial score (nSPS) is 11.0. The highest BCUT2D eigenvalue weighted by Gasteiger charge is 2.17. The summed E-state index contributed by atoms with van der Waals surface area (Å²) in [4.78, 5) is 15.7. The molecule has 0 bridgehead atoms. The first-order valence-corrected chi connectivity index (χ1v) is 6.92. The van der Waals surface area contributed by atoms with Crippen LogP contribution in [0.5, 0.6) is 0 Å². The van der Waals surface area contributed by atoms with Crippen molar-refractivity contribution in [3.63, 3.8) is 0 Å². The molecule has 0 aliphatic rings. The maximum Gasteiger partial charge on any atom is 0.337 e. The van der Waals surface area contributed by atoms with Gasteiger partial charge in [0.2, 0.25) is 0 Å². The largest absolute Gasteiger partial charge is 0.478 e. The Morgan fingerprint density at radius 1 is 1.19 bits per heavy atom. The molecule has 1 heterocycles. The molecular weight excluding hydrogens is 311 g/mol. The van der Waals surface area contributed by atoms with Gasteiger partial charge in [0.1, 0.15) is 11.3 Å². The van der Waals surface area contributed by atoms with E-state index in [0.717, 1.165) is 0 Å². The molecule has 0 radical (unpaired) electrons. The summed E-state index contributed by atoms with van der Waals surface area (Å²) < 4.78 is 1.80.